The normalized spacial score (nSPS) is 40.0. The molecule has 16 nitrogen and oxygen atoms in total. The van der Waals surface area contributed by atoms with Gasteiger partial charge in [-0.1, -0.05) is 45.9 Å². The summed E-state index contributed by atoms with van der Waals surface area (Å²) in [4.78, 5) is 46.9. The maximum atomic E-state index is 14.8. The number of carbonyl (C=O) groups excluding carboxylic acids is 3. The Bertz CT molecular complexity index is 1980. The Morgan fingerprint density at radius 1 is 0.926 bits per heavy atom. The number of cyclic esters (lactones) is 1. The van der Waals surface area contributed by atoms with Gasteiger partial charge in [-0.15, -0.1) is 0 Å². The molecule has 3 aliphatic rings. The van der Waals surface area contributed by atoms with Gasteiger partial charge in [0.15, 0.2) is 18.7 Å². The number of methoxy groups -OCH3 is 2. The lowest BCUT2D eigenvalue weighted by Gasteiger charge is -2.50. The summed E-state index contributed by atoms with van der Waals surface area (Å²) >= 11 is 0. The van der Waals surface area contributed by atoms with E-state index < -0.39 is 102 Å². The molecule has 2 unspecified atom stereocenters. The van der Waals surface area contributed by atoms with Crippen molar-refractivity contribution in [3.8, 4) is 0 Å². The number of esters is 3. The Balaban J connectivity index is 1.54. The van der Waals surface area contributed by atoms with Crippen molar-refractivity contribution in [2.75, 3.05) is 34.9 Å². The first-order valence-corrected chi connectivity index (χ1v) is 24.6. The van der Waals surface area contributed by atoms with E-state index in [1.165, 1.54) is 13.1 Å². The molecule has 0 aliphatic carbocycles. The highest BCUT2D eigenvalue weighted by Gasteiger charge is 2.54. The molecule has 0 bridgehead atoms. The monoisotopic (exact) mass is 959 g/mol. The molecule has 5 rings (SSSR count). The predicted octanol–water partition coefficient (Wildman–Crippen LogP) is 6.88. The number of carbonyl (C=O) groups is 3. The number of nitrogens with zero attached hydrogens (tertiary/aromatic N) is 2. The van der Waals surface area contributed by atoms with Crippen molar-refractivity contribution in [1.29, 1.82) is 0 Å². The van der Waals surface area contributed by atoms with Gasteiger partial charge in [0.1, 0.15) is 23.4 Å². The highest BCUT2D eigenvalue weighted by molar-refractivity contribution is 5.93. The molecule has 16 heteroatoms. The first kappa shape index (κ1) is 55.6. The highest BCUT2D eigenvalue weighted by Crippen LogP contribution is 2.44. The molecule has 1 aromatic carbocycles. The largest absolute Gasteiger partial charge is 0.462 e. The second-order valence-electron chi connectivity index (χ2n) is 20.9. The maximum Gasteiger partial charge on any atom is 0.339 e. The summed E-state index contributed by atoms with van der Waals surface area (Å²) < 4.78 is 57.4. The number of hydrogen-bond donors (Lipinski definition) is 2. The van der Waals surface area contributed by atoms with Crippen LogP contribution in [0.1, 0.15) is 125 Å². The van der Waals surface area contributed by atoms with Crippen molar-refractivity contribution in [3.63, 3.8) is 0 Å². The zero-order chi connectivity index (χ0) is 50.5. The Hall–Kier alpha value is -3.32. The molecule has 3 saturated heterocycles. The van der Waals surface area contributed by atoms with Gasteiger partial charge in [0.05, 0.1) is 53.6 Å². The average Bonchev–Trinajstić information content (AvgIpc) is 3.28. The highest BCUT2D eigenvalue weighted by atomic mass is 16.7. The molecular weight excluding hydrogens is 877 g/mol. The van der Waals surface area contributed by atoms with Crippen LogP contribution in [0.15, 0.2) is 36.5 Å². The molecule has 18 atom stereocenters. The van der Waals surface area contributed by atoms with E-state index in [2.05, 4.69) is 18.8 Å². The van der Waals surface area contributed by atoms with Gasteiger partial charge in [-0.3, -0.25) is 14.6 Å². The van der Waals surface area contributed by atoms with Crippen LogP contribution < -0.4 is 0 Å². The minimum atomic E-state index is -1.56. The van der Waals surface area contributed by atoms with Crippen LogP contribution in [-0.4, -0.2) is 151 Å². The Morgan fingerprint density at radius 2 is 1.59 bits per heavy atom. The third-order valence-electron chi connectivity index (χ3n) is 15.3. The molecule has 0 amide bonds. The van der Waals surface area contributed by atoms with Gasteiger partial charge in [0, 0.05) is 51.1 Å². The molecule has 0 spiro atoms. The minimum Gasteiger partial charge on any atom is -0.462 e. The zero-order valence-electron chi connectivity index (χ0n) is 43.3. The van der Waals surface area contributed by atoms with Crippen LogP contribution in [-0.2, 0) is 52.2 Å². The zero-order valence-corrected chi connectivity index (χ0v) is 43.3. The van der Waals surface area contributed by atoms with Gasteiger partial charge in [-0.25, -0.2) is 4.79 Å². The Labute approximate surface area is 404 Å². The van der Waals surface area contributed by atoms with E-state index in [0.717, 1.165) is 10.9 Å². The van der Waals surface area contributed by atoms with Crippen molar-refractivity contribution in [2.45, 2.75) is 193 Å². The van der Waals surface area contributed by atoms with Crippen molar-refractivity contribution in [1.82, 2.24) is 9.88 Å². The van der Waals surface area contributed by atoms with E-state index in [1.807, 2.05) is 77.9 Å². The number of fused-ring (bicyclic) bond motifs is 1. The number of para-hydroxylation sites is 1. The van der Waals surface area contributed by atoms with Crippen LogP contribution in [0, 0.1) is 29.6 Å². The van der Waals surface area contributed by atoms with Crippen molar-refractivity contribution in [2.24, 2.45) is 29.6 Å². The lowest BCUT2D eigenvalue weighted by atomic mass is 9.70. The first-order chi connectivity index (χ1) is 31.9. The van der Waals surface area contributed by atoms with Crippen molar-refractivity contribution >= 4 is 28.8 Å². The molecule has 68 heavy (non-hydrogen) atoms. The van der Waals surface area contributed by atoms with Crippen LogP contribution in [0.5, 0.6) is 0 Å². The molecule has 4 heterocycles. The van der Waals surface area contributed by atoms with E-state index in [4.69, 9.17) is 42.6 Å². The number of ether oxygens (including phenoxy) is 9. The molecule has 1 aromatic heterocycles. The molecule has 0 radical (unpaired) electrons. The standard InChI is InChI=1S/C52H82N2O14/c1-16-41-52(11,59)38(21-22-62-48(58)37-25-36-19-17-18-20-39(36)53-28-37)30(3)23-29(2)26-50(9,60-14)45(68-49-43(56)40(54(12)13)24-31(4)63-49)32(5)44(33(6)47(57)66-41)67-42-27-51(10,61-15)46(34(7)64-42)65-35(8)55/h17-20,25,28-34,38,40-46,49,56,59H,16,21-24,26-27H2,1-15H3/t29-,30?,31+,32-,33+,34-,38+,40-,41+,42?,43+,44-,45+,46-,49-,50+,51+,52-/m0/s1. The number of rotatable bonds is 13. The number of aliphatic hydroxyl groups is 2. The number of benzene rings is 1. The van der Waals surface area contributed by atoms with E-state index in [0.29, 0.717) is 24.8 Å². The maximum absolute atomic E-state index is 14.8. The molecule has 2 N–H and O–H groups in total. The first-order valence-electron chi connectivity index (χ1n) is 24.6. The number of hydrogen-bond acceptors (Lipinski definition) is 16. The number of pyridine rings is 1. The summed E-state index contributed by atoms with van der Waals surface area (Å²) in [5.74, 6) is -3.96. The van der Waals surface area contributed by atoms with Crippen molar-refractivity contribution in [3.05, 3.63) is 42.1 Å². The summed E-state index contributed by atoms with van der Waals surface area (Å²) in [6.45, 7) is 20.3. The van der Waals surface area contributed by atoms with Crippen LogP contribution >= 0.6 is 0 Å². The molecular formula is C52H82N2O14. The summed E-state index contributed by atoms with van der Waals surface area (Å²) in [6.07, 6.45) is -3.61. The third kappa shape index (κ3) is 12.8. The smallest absolute Gasteiger partial charge is 0.339 e. The van der Waals surface area contributed by atoms with Crippen LogP contribution in [0.3, 0.4) is 0 Å². The summed E-state index contributed by atoms with van der Waals surface area (Å²) in [5.41, 5.74) is -2.57. The van der Waals surface area contributed by atoms with Crippen molar-refractivity contribution < 1.29 is 67.2 Å². The fourth-order valence-electron chi connectivity index (χ4n) is 11.5. The minimum absolute atomic E-state index is 0.000288. The van der Waals surface area contributed by atoms with E-state index in [9.17, 15) is 24.6 Å². The van der Waals surface area contributed by atoms with Crippen LogP contribution in [0.4, 0.5) is 0 Å². The van der Waals surface area contributed by atoms with Crippen LogP contribution in [0.2, 0.25) is 0 Å². The van der Waals surface area contributed by atoms with E-state index >= 15 is 0 Å². The summed E-state index contributed by atoms with van der Waals surface area (Å²) in [7, 11) is 7.00. The Kier molecular flexibility index (Phi) is 19.0. The van der Waals surface area contributed by atoms with E-state index in [-0.39, 0.29) is 49.9 Å². The fraction of sp³-hybridized carbons (Fsp3) is 0.769. The topological polar surface area (TPSA) is 191 Å². The van der Waals surface area contributed by atoms with E-state index in [1.54, 1.807) is 41.1 Å². The lowest BCUT2D eigenvalue weighted by molar-refractivity contribution is -0.320. The molecule has 3 aliphatic heterocycles. The number of aromatic nitrogens is 1. The Morgan fingerprint density at radius 3 is 2.22 bits per heavy atom. The van der Waals surface area contributed by atoms with Gasteiger partial charge in [-0.05, 0) is 118 Å². The quantitative estimate of drug-likeness (QED) is 0.156. The van der Waals surface area contributed by atoms with Gasteiger partial charge in [0.25, 0.3) is 0 Å². The van der Waals surface area contributed by atoms with Gasteiger partial charge >= 0.3 is 17.9 Å². The van der Waals surface area contributed by atoms with Crippen LogP contribution in [0.25, 0.3) is 10.9 Å². The second kappa shape index (κ2) is 23.3. The number of aliphatic hydroxyl groups excluding tert-OH is 1. The van der Waals surface area contributed by atoms with Gasteiger partial charge < -0.3 is 57.7 Å². The SMILES string of the molecule is CC[C@H]1OC(=O)[C@H](C)[C@@H](OC2C[C@@](C)(OC)[C@@H](OC(C)=O)[C@H](C)O2)[C@H](C)[C@@H](O[C@@H]2O[C@H](C)C[C@H](N(C)C)[C@H]2O)[C@](C)(OC)C[C@@H](C)CC(C)[C@@H](CCOC(=O)c2cnc3ccccc3c2)[C@]1(C)O. The molecule has 384 valence electrons. The number of likely N-dealkylation sites (N-methyl/N-ethyl adjacent to an activating group) is 1. The second-order valence-corrected chi connectivity index (χ2v) is 20.9. The lowest BCUT2D eigenvalue weighted by Crippen LogP contribution is -2.61. The molecule has 0 saturated carbocycles. The predicted molar refractivity (Wildman–Crippen MR) is 254 cm³/mol. The van der Waals surface area contributed by atoms with Gasteiger partial charge in [0.2, 0.25) is 0 Å². The third-order valence-corrected chi connectivity index (χ3v) is 15.3. The fourth-order valence-corrected chi connectivity index (χ4v) is 11.5. The summed E-state index contributed by atoms with van der Waals surface area (Å²) in [5, 5.41) is 25.4. The summed E-state index contributed by atoms with van der Waals surface area (Å²) in [6, 6.07) is 9.01. The average molecular weight is 959 g/mol. The van der Waals surface area contributed by atoms with Gasteiger partial charge in [-0.2, -0.15) is 0 Å². The molecule has 3 fully saturated rings. The molecule has 2 aromatic rings.